The van der Waals surface area contributed by atoms with Crippen molar-refractivity contribution in [2.24, 2.45) is 0 Å². The van der Waals surface area contributed by atoms with Gasteiger partial charge in [-0.2, -0.15) is 4.31 Å². The van der Waals surface area contributed by atoms with Crippen LogP contribution in [0.2, 0.25) is 0 Å². The van der Waals surface area contributed by atoms with Crippen molar-refractivity contribution in [3.05, 3.63) is 29.5 Å². The second-order valence-electron chi connectivity index (χ2n) is 5.77. The average molecular weight is 387 g/mol. The number of para-hydroxylation sites is 1. The van der Waals surface area contributed by atoms with Gasteiger partial charge < -0.3 is 24.9 Å². The molecule has 1 fully saturated rings. The normalized spacial score (nSPS) is 17.7. The van der Waals surface area contributed by atoms with E-state index in [1.54, 1.807) is 24.5 Å². The van der Waals surface area contributed by atoms with Crippen LogP contribution in [0.5, 0.6) is 0 Å². The molecule has 0 atom stereocenters. The third-order valence-corrected chi connectivity index (χ3v) is 6.20. The van der Waals surface area contributed by atoms with Gasteiger partial charge in [0.2, 0.25) is 10.0 Å². The van der Waals surface area contributed by atoms with E-state index in [4.69, 9.17) is 14.2 Å². The first kappa shape index (κ1) is 20.6. The first-order valence-electron chi connectivity index (χ1n) is 8.18. The van der Waals surface area contributed by atoms with Crippen LogP contribution in [0, 0.1) is 5.21 Å². The Bertz CT molecular complexity index is 715. The smallest absolute Gasteiger partial charge is 0.338 e. The van der Waals surface area contributed by atoms with Gasteiger partial charge in [-0.15, -0.1) is 0 Å². The standard InChI is InChI=1S/C16H23N2O7S/c1-3-24-15(19)16(25-12-23-2)8-10-18(11-9-16)26(21,22)14-7-5-4-6-13(14)17-20/h4-7,17H,3,8-12H2,1-2H3/q-1. The molecule has 0 unspecified atom stereocenters. The number of ether oxygens (including phenoxy) is 3. The molecule has 0 radical (unpaired) electrons. The predicted molar refractivity (Wildman–Crippen MR) is 93.7 cm³/mol. The fraction of sp³-hybridized carbons (Fsp3) is 0.562. The molecule has 1 N–H and O–H groups in total. The van der Waals surface area contributed by atoms with Crippen molar-refractivity contribution in [3.8, 4) is 0 Å². The number of carbonyl (C=O) groups excluding carboxylic acids is 1. The molecule has 1 aliphatic heterocycles. The summed E-state index contributed by atoms with van der Waals surface area (Å²) < 4.78 is 42.5. The lowest BCUT2D eigenvalue weighted by molar-refractivity contribution is -0.194. The highest BCUT2D eigenvalue weighted by molar-refractivity contribution is 7.89. The van der Waals surface area contributed by atoms with Crippen LogP contribution in [0.1, 0.15) is 19.8 Å². The molecule has 0 saturated carbocycles. The Balaban J connectivity index is 2.20. The van der Waals surface area contributed by atoms with Crippen LogP contribution in [0.15, 0.2) is 29.2 Å². The molecule has 0 amide bonds. The third-order valence-electron chi connectivity index (χ3n) is 4.25. The minimum atomic E-state index is -3.88. The van der Waals surface area contributed by atoms with E-state index in [9.17, 15) is 18.4 Å². The Hall–Kier alpha value is -1.72. The van der Waals surface area contributed by atoms with E-state index in [0.29, 0.717) is 0 Å². The van der Waals surface area contributed by atoms with Crippen molar-refractivity contribution in [2.75, 3.05) is 39.1 Å². The SMILES string of the molecule is CCOC(=O)C1(OCOC)CCN(S(=O)(=O)c2ccccc2N[O-])CC1. The van der Waals surface area contributed by atoms with Gasteiger partial charge in [-0.05, 0) is 19.1 Å². The van der Waals surface area contributed by atoms with E-state index in [-0.39, 0.29) is 49.9 Å². The lowest BCUT2D eigenvalue weighted by Gasteiger charge is -2.38. The van der Waals surface area contributed by atoms with Crippen LogP contribution in [-0.4, -0.2) is 57.9 Å². The molecule has 1 aromatic carbocycles. The van der Waals surface area contributed by atoms with Crippen LogP contribution in [-0.2, 0) is 29.0 Å². The lowest BCUT2D eigenvalue weighted by atomic mass is 9.92. The molecule has 146 valence electrons. The summed E-state index contributed by atoms with van der Waals surface area (Å²) in [5.41, 5.74) is 0.384. The second-order valence-corrected chi connectivity index (χ2v) is 7.67. The Morgan fingerprint density at radius 1 is 1.31 bits per heavy atom. The highest BCUT2D eigenvalue weighted by Gasteiger charge is 2.46. The fourth-order valence-electron chi connectivity index (χ4n) is 2.84. The zero-order valence-electron chi connectivity index (χ0n) is 14.8. The number of carbonyl (C=O) groups is 1. The summed E-state index contributed by atoms with van der Waals surface area (Å²) in [4.78, 5) is 12.2. The Kier molecular flexibility index (Phi) is 6.95. The van der Waals surface area contributed by atoms with E-state index in [2.05, 4.69) is 0 Å². The largest absolute Gasteiger partial charge is 0.761 e. The number of benzene rings is 1. The van der Waals surface area contributed by atoms with Crippen molar-refractivity contribution >= 4 is 21.7 Å². The maximum Gasteiger partial charge on any atom is 0.338 e. The Morgan fingerprint density at radius 2 is 1.96 bits per heavy atom. The summed E-state index contributed by atoms with van der Waals surface area (Å²) in [5.74, 6) is -0.532. The van der Waals surface area contributed by atoms with Crippen molar-refractivity contribution < 1.29 is 27.4 Å². The van der Waals surface area contributed by atoms with Gasteiger partial charge in [0, 0.05) is 38.7 Å². The molecule has 10 heteroatoms. The number of hydrogen-bond donors (Lipinski definition) is 1. The van der Waals surface area contributed by atoms with Gasteiger partial charge in [-0.1, -0.05) is 12.1 Å². The van der Waals surface area contributed by atoms with E-state index in [1.165, 1.54) is 23.5 Å². The van der Waals surface area contributed by atoms with Crippen molar-refractivity contribution in [2.45, 2.75) is 30.3 Å². The predicted octanol–water partition coefficient (Wildman–Crippen LogP) is 1.30. The monoisotopic (exact) mass is 387 g/mol. The molecule has 26 heavy (non-hydrogen) atoms. The van der Waals surface area contributed by atoms with Gasteiger partial charge in [-0.3, -0.25) is 0 Å². The third kappa shape index (κ3) is 4.15. The summed E-state index contributed by atoms with van der Waals surface area (Å²) in [7, 11) is -2.45. The molecule has 0 aliphatic carbocycles. The molecule has 0 spiro atoms. The van der Waals surface area contributed by atoms with Gasteiger partial charge in [-0.25, -0.2) is 13.2 Å². The molecule has 1 saturated heterocycles. The number of nitrogens with zero attached hydrogens (tertiary/aromatic N) is 1. The Morgan fingerprint density at radius 3 is 2.54 bits per heavy atom. The van der Waals surface area contributed by atoms with E-state index >= 15 is 0 Å². The molecule has 2 rings (SSSR count). The minimum absolute atomic E-state index is 0.0228. The fourth-order valence-corrected chi connectivity index (χ4v) is 4.42. The number of nitrogens with one attached hydrogen (secondary N) is 1. The maximum atomic E-state index is 12.9. The number of sulfonamides is 1. The molecule has 1 heterocycles. The van der Waals surface area contributed by atoms with Gasteiger partial charge in [0.25, 0.3) is 0 Å². The number of methoxy groups -OCH3 is 1. The van der Waals surface area contributed by atoms with Crippen LogP contribution in [0.3, 0.4) is 0 Å². The van der Waals surface area contributed by atoms with Gasteiger partial charge >= 0.3 is 5.97 Å². The molecule has 0 aromatic heterocycles. The van der Waals surface area contributed by atoms with Crippen LogP contribution in [0.25, 0.3) is 0 Å². The summed E-state index contributed by atoms with van der Waals surface area (Å²) in [5, 5.41) is 11.0. The molecule has 0 bridgehead atoms. The molecular formula is C16H23N2O7S-. The second kappa shape index (κ2) is 8.78. The van der Waals surface area contributed by atoms with Crippen LogP contribution >= 0.6 is 0 Å². The zero-order chi connectivity index (χ0) is 19.2. The number of piperidine rings is 1. The summed E-state index contributed by atoms with van der Waals surface area (Å²) in [6.45, 7) is 1.89. The minimum Gasteiger partial charge on any atom is -0.761 e. The topological polar surface area (TPSA) is 117 Å². The Labute approximate surface area is 152 Å². The van der Waals surface area contributed by atoms with Gasteiger partial charge in [0.15, 0.2) is 5.60 Å². The first-order chi connectivity index (χ1) is 12.4. The first-order valence-corrected chi connectivity index (χ1v) is 9.62. The highest BCUT2D eigenvalue weighted by atomic mass is 32.2. The summed E-state index contributed by atoms with van der Waals surface area (Å²) >= 11 is 0. The van der Waals surface area contributed by atoms with Gasteiger partial charge in [0.1, 0.15) is 11.7 Å². The number of anilines is 1. The van der Waals surface area contributed by atoms with Crippen molar-refractivity contribution in [3.63, 3.8) is 0 Å². The molecule has 9 nitrogen and oxygen atoms in total. The molecule has 1 aromatic rings. The van der Waals surface area contributed by atoms with Crippen LogP contribution in [0.4, 0.5) is 5.69 Å². The molecule has 1 aliphatic rings. The summed E-state index contributed by atoms with van der Waals surface area (Å²) in [6.07, 6.45) is 0.253. The number of rotatable bonds is 8. The van der Waals surface area contributed by atoms with E-state index in [0.717, 1.165) is 0 Å². The lowest BCUT2D eigenvalue weighted by Crippen LogP contribution is -2.53. The highest BCUT2D eigenvalue weighted by Crippen LogP contribution is 2.32. The average Bonchev–Trinajstić information content (AvgIpc) is 2.66. The van der Waals surface area contributed by atoms with Crippen molar-refractivity contribution in [1.82, 2.24) is 4.31 Å². The zero-order valence-corrected chi connectivity index (χ0v) is 15.6. The number of esters is 1. The molecular weight excluding hydrogens is 364 g/mol. The van der Waals surface area contributed by atoms with E-state index < -0.39 is 21.6 Å². The maximum absolute atomic E-state index is 12.9. The summed E-state index contributed by atoms with van der Waals surface area (Å²) in [6, 6.07) is 5.88. The van der Waals surface area contributed by atoms with Crippen LogP contribution < -0.4 is 5.48 Å². The van der Waals surface area contributed by atoms with E-state index in [1.807, 2.05) is 0 Å². The van der Waals surface area contributed by atoms with Gasteiger partial charge in [0.05, 0.1) is 6.61 Å². The quantitative estimate of drug-likeness (QED) is 0.403. The number of hydrogen-bond acceptors (Lipinski definition) is 8. The van der Waals surface area contributed by atoms with Crippen molar-refractivity contribution in [1.29, 1.82) is 0 Å².